The van der Waals surface area contributed by atoms with E-state index in [1.807, 2.05) is 0 Å². The average molecular weight is 341 g/mol. The van der Waals surface area contributed by atoms with Gasteiger partial charge in [0.1, 0.15) is 0 Å². The Morgan fingerprint density at radius 3 is 2.00 bits per heavy atom. The molecule has 0 radical (unpaired) electrons. The van der Waals surface area contributed by atoms with E-state index in [1.165, 1.54) is 0 Å². The first-order chi connectivity index (χ1) is 8.12. The van der Waals surface area contributed by atoms with Crippen molar-refractivity contribution < 1.29 is 18.0 Å². The van der Waals surface area contributed by atoms with Crippen LogP contribution in [0.4, 0.5) is 13.2 Å². The maximum Gasteiger partial charge on any atom is 0.422 e. The van der Waals surface area contributed by atoms with Crippen molar-refractivity contribution in [1.82, 2.24) is 5.32 Å². The first-order valence-corrected chi connectivity index (χ1v) is 5.86. The zero-order valence-electron chi connectivity index (χ0n) is 8.29. The number of halogens is 7. The van der Waals surface area contributed by atoms with Gasteiger partial charge in [-0.1, -0.05) is 46.4 Å². The predicted molar refractivity (Wildman–Crippen MR) is 64.6 cm³/mol. The highest BCUT2D eigenvalue weighted by atomic mass is 35.5. The molecular formula is C9H4Cl4F3NO. The quantitative estimate of drug-likeness (QED) is 0.479. The van der Waals surface area contributed by atoms with E-state index < -0.39 is 17.6 Å². The molecular weight excluding hydrogens is 337 g/mol. The molecule has 0 heterocycles. The topological polar surface area (TPSA) is 29.1 Å². The van der Waals surface area contributed by atoms with E-state index in [-0.39, 0.29) is 20.6 Å². The lowest BCUT2D eigenvalue weighted by molar-refractivity contribution is -0.134. The Morgan fingerprint density at radius 2 is 1.61 bits per heavy atom. The second-order valence-corrected chi connectivity index (χ2v) is 4.76. The molecule has 1 rings (SSSR count). The van der Waals surface area contributed by atoms with Crippen molar-refractivity contribution in [2.45, 2.75) is 11.7 Å². The van der Waals surface area contributed by atoms with E-state index in [0.29, 0.717) is 0 Å². The first-order valence-electron chi connectivity index (χ1n) is 4.29. The van der Waals surface area contributed by atoms with Gasteiger partial charge in [-0.25, -0.2) is 0 Å². The van der Waals surface area contributed by atoms with Crippen LogP contribution in [0.5, 0.6) is 0 Å². The predicted octanol–water partition coefficient (Wildman–Crippen LogP) is 4.50. The molecule has 0 fully saturated rings. The molecule has 0 aliphatic carbocycles. The second-order valence-electron chi connectivity index (χ2n) is 3.13. The molecule has 0 aliphatic rings. The number of benzene rings is 1. The van der Waals surface area contributed by atoms with Crippen LogP contribution < -0.4 is 5.32 Å². The number of carbonyl (C=O) groups excluding carboxylic acids is 1. The van der Waals surface area contributed by atoms with Gasteiger partial charge >= 0.3 is 6.18 Å². The van der Waals surface area contributed by atoms with Gasteiger partial charge in [0.25, 0.3) is 5.91 Å². The molecule has 0 aromatic heterocycles. The van der Waals surface area contributed by atoms with Crippen LogP contribution in [-0.4, -0.2) is 17.6 Å². The van der Waals surface area contributed by atoms with Crippen LogP contribution in [0.25, 0.3) is 0 Å². The van der Waals surface area contributed by atoms with Crippen LogP contribution in [-0.2, 0) is 0 Å². The maximum atomic E-state index is 12.1. The molecule has 1 N–H and O–H groups in total. The fourth-order valence-corrected chi connectivity index (χ4v) is 1.66. The van der Waals surface area contributed by atoms with Crippen LogP contribution >= 0.6 is 46.4 Å². The minimum atomic E-state index is -4.75. The summed E-state index contributed by atoms with van der Waals surface area (Å²) in [5, 5.41) is 1.46. The molecule has 1 atom stereocenters. The molecule has 1 aromatic carbocycles. The molecule has 9 heteroatoms. The third kappa shape index (κ3) is 3.82. The molecule has 100 valence electrons. The third-order valence-electron chi connectivity index (χ3n) is 1.79. The fourth-order valence-electron chi connectivity index (χ4n) is 0.967. The van der Waals surface area contributed by atoms with Crippen LogP contribution in [0.2, 0.25) is 15.1 Å². The van der Waals surface area contributed by atoms with E-state index in [4.69, 9.17) is 46.4 Å². The normalized spacial score (nSPS) is 13.3. The summed E-state index contributed by atoms with van der Waals surface area (Å²) in [6.45, 7) is 0. The van der Waals surface area contributed by atoms with Crippen LogP contribution in [0.1, 0.15) is 10.4 Å². The maximum absolute atomic E-state index is 12.1. The Kier molecular flexibility index (Phi) is 5.00. The van der Waals surface area contributed by atoms with Crippen LogP contribution in [0, 0.1) is 0 Å². The van der Waals surface area contributed by atoms with Gasteiger partial charge in [-0.05, 0) is 12.1 Å². The highest BCUT2D eigenvalue weighted by Crippen LogP contribution is 2.31. The summed E-state index contributed by atoms with van der Waals surface area (Å²) >= 11 is 21.9. The van der Waals surface area contributed by atoms with Gasteiger partial charge in [0.2, 0.25) is 5.50 Å². The Balaban J connectivity index is 2.92. The van der Waals surface area contributed by atoms with Gasteiger partial charge in [-0.15, -0.1) is 0 Å². The molecule has 0 saturated carbocycles. The molecule has 1 amide bonds. The van der Waals surface area contributed by atoms with Crippen LogP contribution in [0.15, 0.2) is 12.1 Å². The summed E-state index contributed by atoms with van der Waals surface area (Å²) in [7, 11) is 0. The first kappa shape index (κ1) is 15.7. The number of hydrogen-bond acceptors (Lipinski definition) is 1. The lowest BCUT2D eigenvalue weighted by Gasteiger charge is -2.15. The number of alkyl halides is 4. The Hall–Kier alpha value is -0.360. The highest BCUT2D eigenvalue weighted by molar-refractivity contribution is 6.48. The summed E-state index contributed by atoms with van der Waals surface area (Å²) in [6, 6.07) is 2.18. The summed E-state index contributed by atoms with van der Waals surface area (Å²) in [4.78, 5) is 11.5. The van der Waals surface area contributed by atoms with E-state index in [2.05, 4.69) is 0 Å². The Morgan fingerprint density at radius 1 is 1.17 bits per heavy atom. The fraction of sp³-hybridized carbons (Fsp3) is 0.222. The second kappa shape index (κ2) is 5.74. The number of hydrogen-bond donors (Lipinski definition) is 1. The van der Waals surface area contributed by atoms with Crippen molar-refractivity contribution in [1.29, 1.82) is 0 Å². The summed E-state index contributed by atoms with van der Waals surface area (Å²) in [6.07, 6.45) is -4.75. The average Bonchev–Trinajstić information content (AvgIpc) is 2.23. The molecule has 0 spiro atoms. The zero-order valence-corrected chi connectivity index (χ0v) is 11.3. The molecule has 18 heavy (non-hydrogen) atoms. The highest BCUT2D eigenvalue weighted by Gasteiger charge is 2.39. The van der Waals surface area contributed by atoms with E-state index in [9.17, 15) is 18.0 Å². The van der Waals surface area contributed by atoms with E-state index in [0.717, 1.165) is 12.1 Å². The minimum absolute atomic E-state index is 0.00753. The monoisotopic (exact) mass is 339 g/mol. The van der Waals surface area contributed by atoms with Gasteiger partial charge in [-0.3, -0.25) is 4.79 Å². The van der Waals surface area contributed by atoms with Crippen molar-refractivity contribution in [3.05, 3.63) is 32.8 Å². The molecule has 0 bridgehead atoms. The summed E-state index contributed by atoms with van der Waals surface area (Å²) in [5.74, 6) is -1.06. The lowest BCUT2D eigenvalue weighted by atomic mass is 10.2. The Labute approximate surface area is 120 Å². The van der Waals surface area contributed by atoms with Gasteiger partial charge in [0, 0.05) is 5.56 Å². The smallest absolute Gasteiger partial charge is 0.328 e. The number of nitrogens with one attached hydrogen (secondary N) is 1. The SMILES string of the molecule is O=C(NC(Cl)C(F)(F)F)c1cc(Cl)c(Cl)c(Cl)c1. The third-order valence-corrected chi connectivity index (χ3v) is 3.34. The van der Waals surface area contributed by atoms with Gasteiger partial charge in [-0.2, -0.15) is 13.2 Å². The molecule has 0 saturated heterocycles. The van der Waals surface area contributed by atoms with Crippen molar-refractivity contribution in [3.63, 3.8) is 0 Å². The van der Waals surface area contributed by atoms with Crippen molar-refractivity contribution in [2.75, 3.05) is 0 Å². The summed E-state index contributed by atoms with van der Waals surface area (Å²) < 4.78 is 36.4. The van der Waals surface area contributed by atoms with Crippen molar-refractivity contribution in [2.24, 2.45) is 0 Å². The zero-order chi connectivity index (χ0) is 14.1. The molecule has 0 aliphatic heterocycles. The van der Waals surface area contributed by atoms with E-state index >= 15 is 0 Å². The van der Waals surface area contributed by atoms with E-state index in [1.54, 1.807) is 5.32 Å². The number of rotatable bonds is 2. The van der Waals surface area contributed by atoms with Gasteiger partial charge < -0.3 is 5.32 Å². The Bertz CT molecular complexity index is 454. The molecule has 1 aromatic rings. The largest absolute Gasteiger partial charge is 0.422 e. The minimum Gasteiger partial charge on any atom is -0.328 e. The van der Waals surface area contributed by atoms with Crippen molar-refractivity contribution >= 4 is 52.3 Å². The molecule has 2 nitrogen and oxygen atoms in total. The standard InChI is InChI=1S/C9H4Cl4F3NO/c10-4-1-3(2-5(11)6(4)12)7(18)17-8(13)9(14,15)16/h1-2,8H,(H,17,18). The van der Waals surface area contributed by atoms with Crippen molar-refractivity contribution in [3.8, 4) is 0 Å². The lowest BCUT2D eigenvalue weighted by Crippen LogP contribution is -2.41. The summed E-state index contributed by atoms with van der Waals surface area (Å²) in [5.41, 5.74) is -2.68. The van der Waals surface area contributed by atoms with Crippen LogP contribution in [0.3, 0.4) is 0 Å². The number of amides is 1. The number of carbonyl (C=O) groups is 1. The molecule has 1 unspecified atom stereocenters. The van der Waals surface area contributed by atoms with Gasteiger partial charge in [0.05, 0.1) is 15.1 Å². The van der Waals surface area contributed by atoms with Gasteiger partial charge in [0.15, 0.2) is 0 Å².